The Morgan fingerprint density at radius 1 is 0.812 bits per heavy atom. The molecule has 2 aromatic carbocycles. The first kappa shape index (κ1) is 37.3. The zero-order chi connectivity index (χ0) is 35.6. The number of esters is 2. The number of nitrogens with zero attached hydrogens (tertiary/aromatic N) is 1. The largest absolute Gasteiger partial charge is 0.467 e. The number of carbonyl (C=O) groups excluding carboxylic acids is 6. The number of hydrogen-bond acceptors (Lipinski definition) is 10. The zero-order valence-corrected chi connectivity index (χ0v) is 28.2. The molecular formula is C34H44N4O10. The monoisotopic (exact) mass is 668 g/mol. The average molecular weight is 669 g/mol. The lowest BCUT2D eigenvalue weighted by Gasteiger charge is -2.30. The molecule has 48 heavy (non-hydrogen) atoms. The van der Waals surface area contributed by atoms with Crippen molar-refractivity contribution >= 4 is 35.9 Å². The SMILES string of the molecule is COC(=O)[C@@H]1[C@H](NC(=O)OC(C)(C)C)[C@H](NC(=O)c2ccccc2)CN1C(=O)[C@H](CC(=O)OC(C)(C)C)NC(=O)OCc1ccccc1. The van der Waals surface area contributed by atoms with Gasteiger partial charge in [0.25, 0.3) is 5.91 Å². The van der Waals surface area contributed by atoms with Gasteiger partial charge in [-0.15, -0.1) is 0 Å². The molecular weight excluding hydrogens is 624 g/mol. The minimum Gasteiger partial charge on any atom is -0.467 e. The maximum absolute atomic E-state index is 14.2. The van der Waals surface area contributed by atoms with Crippen molar-refractivity contribution in [3.05, 3.63) is 71.8 Å². The highest BCUT2D eigenvalue weighted by atomic mass is 16.6. The summed E-state index contributed by atoms with van der Waals surface area (Å²) in [5.41, 5.74) is -0.847. The van der Waals surface area contributed by atoms with Gasteiger partial charge in [-0.2, -0.15) is 0 Å². The van der Waals surface area contributed by atoms with E-state index in [1.54, 1.807) is 102 Å². The lowest BCUT2D eigenvalue weighted by atomic mass is 10.0. The van der Waals surface area contributed by atoms with Gasteiger partial charge < -0.3 is 39.8 Å². The molecule has 2 aromatic rings. The van der Waals surface area contributed by atoms with Gasteiger partial charge in [0.15, 0.2) is 6.04 Å². The van der Waals surface area contributed by atoms with E-state index in [0.29, 0.717) is 11.1 Å². The van der Waals surface area contributed by atoms with Crippen LogP contribution in [0.3, 0.4) is 0 Å². The molecule has 0 spiro atoms. The number of rotatable bonds is 10. The third kappa shape index (κ3) is 11.3. The van der Waals surface area contributed by atoms with Gasteiger partial charge in [-0.05, 0) is 59.2 Å². The van der Waals surface area contributed by atoms with Crippen molar-refractivity contribution in [2.24, 2.45) is 0 Å². The summed E-state index contributed by atoms with van der Waals surface area (Å²) in [6.07, 6.45) is -2.54. The highest BCUT2D eigenvalue weighted by Crippen LogP contribution is 2.24. The van der Waals surface area contributed by atoms with E-state index in [4.69, 9.17) is 18.9 Å². The Bertz CT molecular complexity index is 1450. The summed E-state index contributed by atoms with van der Waals surface area (Å²) >= 11 is 0. The van der Waals surface area contributed by atoms with Crippen LogP contribution in [0.5, 0.6) is 0 Å². The number of nitrogens with one attached hydrogen (secondary N) is 3. The number of alkyl carbamates (subject to hydrolysis) is 2. The van der Waals surface area contributed by atoms with E-state index >= 15 is 0 Å². The molecule has 14 heteroatoms. The van der Waals surface area contributed by atoms with Crippen molar-refractivity contribution in [3.63, 3.8) is 0 Å². The molecule has 14 nitrogen and oxygen atoms in total. The smallest absolute Gasteiger partial charge is 0.408 e. The van der Waals surface area contributed by atoms with E-state index < -0.39 is 77.7 Å². The lowest BCUT2D eigenvalue weighted by molar-refractivity contribution is -0.158. The number of ether oxygens (including phenoxy) is 4. The minimum atomic E-state index is -1.57. The molecule has 3 rings (SSSR count). The second-order valence-electron chi connectivity index (χ2n) is 13.1. The standard InChI is InChI=1S/C34H44N4O10/c1-33(2,3)47-25(39)18-23(36-31(43)46-20-21-14-10-8-11-15-21)29(41)38-19-24(35-28(40)22-16-12-9-13-17-22)26(27(38)30(42)45-7)37-32(44)48-34(4,5)6/h8-17,23-24,26-27H,18-20H2,1-7H3,(H,35,40)(H,36,43)(H,37,44)/t23-,24+,26+,27-/m0/s1. The van der Waals surface area contributed by atoms with Crippen LogP contribution in [0.4, 0.5) is 9.59 Å². The fraction of sp³-hybridized carbons (Fsp3) is 0.471. The minimum absolute atomic E-state index is 0.121. The van der Waals surface area contributed by atoms with Crippen LogP contribution < -0.4 is 16.0 Å². The van der Waals surface area contributed by atoms with Gasteiger partial charge in [-0.1, -0.05) is 48.5 Å². The van der Waals surface area contributed by atoms with Gasteiger partial charge in [0, 0.05) is 12.1 Å². The van der Waals surface area contributed by atoms with Crippen molar-refractivity contribution in [1.29, 1.82) is 0 Å². The van der Waals surface area contributed by atoms with Crippen LogP contribution >= 0.6 is 0 Å². The summed E-state index contributed by atoms with van der Waals surface area (Å²) in [7, 11) is 1.10. The highest BCUT2D eigenvalue weighted by Gasteiger charge is 2.52. The van der Waals surface area contributed by atoms with Gasteiger partial charge in [0.05, 0.1) is 25.6 Å². The molecule has 0 aliphatic carbocycles. The fourth-order valence-corrected chi connectivity index (χ4v) is 4.93. The predicted octanol–water partition coefficient (Wildman–Crippen LogP) is 3.09. The Labute approximate surface area is 279 Å². The molecule has 4 atom stereocenters. The van der Waals surface area contributed by atoms with Crippen molar-refractivity contribution < 1.29 is 47.7 Å². The third-order valence-electron chi connectivity index (χ3n) is 6.86. The van der Waals surface area contributed by atoms with E-state index in [-0.39, 0.29) is 13.2 Å². The molecule has 0 saturated carbocycles. The quantitative estimate of drug-likeness (QED) is 0.252. The number of carbonyl (C=O) groups is 6. The predicted molar refractivity (Wildman–Crippen MR) is 172 cm³/mol. The van der Waals surface area contributed by atoms with Gasteiger partial charge in [-0.25, -0.2) is 14.4 Å². The van der Waals surface area contributed by atoms with Crippen molar-refractivity contribution in [3.8, 4) is 0 Å². The van der Waals surface area contributed by atoms with Gasteiger partial charge in [0.2, 0.25) is 5.91 Å². The van der Waals surface area contributed by atoms with Crippen LogP contribution in [0, 0.1) is 0 Å². The van der Waals surface area contributed by atoms with E-state index in [2.05, 4.69) is 16.0 Å². The topological polar surface area (TPSA) is 179 Å². The van der Waals surface area contributed by atoms with Crippen LogP contribution in [0.25, 0.3) is 0 Å². The Morgan fingerprint density at radius 3 is 1.96 bits per heavy atom. The van der Waals surface area contributed by atoms with Crippen molar-refractivity contribution in [1.82, 2.24) is 20.9 Å². The molecule has 1 aliphatic rings. The number of hydrogen-bond donors (Lipinski definition) is 3. The Hall–Kier alpha value is -5.14. The molecule has 3 N–H and O–H groups in total. The molecule has 1 fully saturated rings. The van der Waals surface area contributed by atoms with Crippen LogP contribution in [-0.2, 0) is 39.9 Å². The molecule has 1 saturated heterocycles. The first-order valence-electron chi connectivity index (χ1n) is 15.4. The Morgan fingerprint density at radius 2 is 1.40 bits per heavy atom. The zero-order valence-electron chi connectivity index (χ0n) is 28.2. The van der Waals surface area contributed by atoms with Crippen molar-refractivity contribution in [2.75, 3.05) is 13.7 Å². The average Bonchev–Trinajstić information content (AvgIpc) is 3.34. The second-order valence-corrected chi connectivity index (χ2v) is 13.1. The number of likely N-dealkylation sites (tertiary alicyclic amines) is 1. The van der Waals surface area contributed by atoms with E-state index in [0.717, 1.165) is 12.0 Å². The Balaban J connectivity index is 1.96. The van der Waals surface area contributed by atoms with Crippen LogP contribution in [0.1, 0.15) is 63.9 Å². The normalized spacial score (nSPS) is 18.1. The summed E-state index contributed by atoms with van der Waals surface area (Å²) in [5.74, 6) is -3.17. The van der Waals surface area contributed by atoms with Gasteiger partial charge in [0.1, 0.15) is 23.9 Å². The van der Waals surface area contributed by atoms with E-state index in [9.17, 15) is 28.8 Å². The summed E-state index contributed by atoms with van der Waals surface area (Å²) in [6.45, 7) is 9.43. The fourth-order valence-electron chi connectivity index (χ4n) is 4.93. The molecule has 0 radical (unpaired) electrons. The molecule has 1 heterocycles. The maximum Gasteiger partial charge on any atom is 0.408 e. The van der Waals surface area contributed by atoms with Gasteiger partial charge >= 0.3 is 24.1 Å². The first-order valence-corrected chi connectivity index (χ1v) is 15.4. The van der Waals surface area contributed by atoms with Crippen LogP contribution in [-0.4, -0.2) is 89.9 Å². The van der Waals surface area contributed by atoms with Crippen molar-refractivity contribution in [2.45, 2.75) is 89.9 Å². The lowest BCUT2D eigenvalue weighted by Crippen LogP contribution is -2.58. The first-order chi connectivity index (χ1) is 22.5. The summed E-state index contributed by atoms with van der Waals surface area (Å²) < 4.78 is 21.1. The summed E-state index contributed by atoms with van der Waals surface area (Å²) in [6, 6.07) is 11.7. The maximum atomic E-state index is 14.2. The number of benzene rings is 2. The molecule has 0 unspecified atom stereocenters. The molecule has 4 amide bonds. The highest BCUT2D eigenvalue weighted by molar-refractivity contribution is 5.96. The summed E-state index contributed by atoms with van der Waals surface area (Å²) in [5, 5.41) is 7.81. The van der Waals surface area contributed by atoms with E-state index in [1.165, 1.54) is 0 Å². The number of methoxy groups -OCH3 is 1. The summed E-state index contributed by atoms with van der Waals surface area (Å²) in [4.78, 5) is 80.6. The van der Waals surface area contributed by atoms with Crippen LogP contribution in [0.2, 0.25) is 0 Å². The molecule has 260 valence electrons. The molecule has 1 aliphatic heterocycles. The van der Waals surface area contributed by atoms with Crippen LogP contribution in [0.15, 0.2) is 60.7 Å². The third-order valence-corrected chi connectivity index (χ3v) is 6.86. The molecule has 0 aromatic heterocycles. The Kier molecular flexibility index (Phi) is 12.5. The molecule has 0 bridgehead atoms. The van der Waals surface area contributed by atoms with E-state index in [1.807, 2.05) is 0 Å². The second kappa shape index (κ2) is 16.1. The van der Waals surface area contributed by atoms with Gasteiger partial charge in [-0.3, -0.25) is 14.4 Å². The number of amides is 4.